The van der Waals surface area contributed by atoms with E-state index in [1.165, 1.54) is 0 Å². The predicted octanol–water partition coefficient (Wildman–Crippen LogP) is 1.39. The molecule has 1 amide bonds. The molecule has 0 saturated heterocycles. The van der Waals surface area contributed by atoms with Gasteiger partial charge in [0.25, 0.3) is 0 Å². The Hall–Kier alpha value is -1.42. The van der Waals surface area contributed by atoms with Gasteiger partial charge in [-0.1, -0.05) is 13.8 Å². The lowest BCUT2D eigenvalue weighted by Crippen LogP contribution is -2.36. The zero-order chi connectivity index (χ0) is 11.3. The summed E-state index contributed by atoms with van der Waals surface area (Å²) in [7, 11) is 0. The van der Waals surface area contributed by atoms with Crippen LogP contribution in [0.15, 0.2) is 24.5 Å². The zero-order valence-corrected chi connectivity index (χ0v) is 9.10. The Morgan fingerprint density at radius 3 is 2.87 bits per heavy atom. The molecule has 1 rings (SSSR count). The Kier molecular flexibility index (Phi) is 4.24. The zero-order valence-electron chi connectivity index (χ0n) is 9.10. The number of nitrogens with two attached hydrogens (primary N) is 1. The van der Waals surface area contributed by atoms with Crippen molar-refractivity contribution in [3.05, 3.63) is 24.5 Å². The predicted molar refractivity (Wildman–Crippen MR) is 60.3 cm³/mol. The van der Waals surface area contributed by atoms with Gasteiger partial charge in [-0.05, 0) is 24.5 Å². The van der Waals surface area contributed by atoms with Crippen LogP contribution in [-0.2, 0) is 4.79 Å². The van der Waals surface area contributed by atoms with Crippen molar-refractivity contribution in [2.75, 3.05) is 5.32 Å². The molecule has 15 heavy (non-hydrogen) atoms. The largest absolute Gasteiger partial charge is 0.323 e. The summed E-state index contributed by atoms with van der Waals surface area (Å²) in [6, 6.07) is 3.10. The summed E-state index contributed by atoms with van der Waals surface area (Å²) in [6.07, 6.45) is 3.94. The standard InChI is InChI=1S/C11H17N3O/c1-8(2)6-10(12)11(15)14-9-4-3-5-13-7-9/h3-5,7-8,10H,6,12H2,1-2H3,(H,14,15). The van der Waals surface area contributed by atoms with Crippen LogP contribution in [0.5, 0.6) is 0 Å². The molecule has 0 radical (unpaired) electrons. The average molecular weight is 207 g/mol. The number of aromatic nitrogens is 1. The lowest BCUT2D eigenvalue weighted by Gasteiger charge is -2.13. The van der Waals surface area contributed by atoms with E-state index in [4.69, 9.17) is 5.73 Å². The number of amides is 1. The van der Waals surface area contributed by atoms with E-state index >= 15 is 0 Å². The highest BCUT2D eigenvalue weighted by atomic mass is 16.2. The molecule has 0 fully saturated rings. The van der Waals surface area contributed by atoms with Gasteiger partial charge in [-0.3, -0.25) is 9.78 Å². The fraction of sp³-hybridized carbons (Fsp3) is 0.455. The molecular weight excluding hydrogens is 190 g/mol. The molecule has 1 unspecified atom stereocenters. The van der Waals surface area contributed by atoms with Crippen LogP contribution < -0.4 is 11.1 Å². The summed E-state index contributed by atoms with van der Waals surface area (Å²) >= 11 is 0. The maximum atomic E-state index is 11.6. The van der Waals surface area contributed by atoms with Crippen molar-refractivity contribution in [2.24, 2.45) is 11.7 Å². The molecule has 82 valence electrons. The van der Waals surface area contributed by atoms with Gasteiger partial charge in [-0.15, -0.1) is 0 Å². The third kappa shape index (κ3) is 4.08. The number of carbonyl (C=O) groups is 1. The molecule has 0 aliphatic rings. The number of pyridine rings is 1. The first-order valence-electron chi connectivity index (χ1n) is 5.06. The van der Waals surface area contributed by atoms with E-state index in [9.17, 15) is 4.79 Å². The van der Waals surface area contributed by atoms with Crippen molar-refractivity contribution in [3.63, 3.8) is 0 Å². The van der Waals surface area contributed by atoms with Gasteiger partial charge in [-0.2, -0.15) is 0 Å². The summed E-state index contributed by atoms with van der Waals surface area (Å²) in [5.41, 5.74) is 6.42. The molecule has 4 nitrogen and oxygen atoms in total. The first kappa shape index (κ1) is 11.7. The van der Waals surface area contributed by atoms with Crippen LogP contribution in [0.3, 0.4) is 0 Å². The van der Waals surface area contributed by atoms with Gasteiger partial charge >= 0.3 is 0 Å². The molecule has 0 saturated carbocycles. The molecule has 1 atom stereocenters. The van der Waals surface area contributed by atoms with Crippen LogP contribution in [0.1, 0.15) is 20.3 Å². The summed E-state index contributed by atoms with van der Waals surface area (Å²) in [5, 5.41) is 2.72. The van der Waals surface area contributed by atoms with Crippen LogP contribution >= 0.6 is 0 Å². The Balaban J connectivity index is 2.49. The van der Waals surface area contributed by atoms with Crippen molar-refractivity contribution in [1.82, 2.24) is 4.98 Å². The molecule has 1 heterocycles. The average Bonchev–Trinajstić information content (AvgIpc) is 2.18. The van der Waals surface area contributed by atoms with Crippen LogP contribution in [0.4, 0.5) is 5.69 Å². The van der Waals surface area contributed by atoms with Crippen molar-refractivity contribution in [3.8, 4) is 0 Å². The Morgan fingerprint density at radius 2 is 2.33 bits per heavy atom. The summed E-state index contributed by atoms with van der Waals surface area (Å²) in [6.45, 7) is 4.08. The molecule has 0 aliphatic carbocycles. The Bertz CT molecular complexity index is 311. The summed E-state index contributed by atoms with van der Waals surface area (Å²) in [5.74, 6) is 0.261. The normalized spacial score (nSPS) is 12.5. The molecule has 0 spiro atoms. The van der Waals surface area contributed by atoms with Gasteiger partial charge in [-0.25, -0.2) is 0 Å². The lowest BCUT2D eigenvalue weighted by atomic mass is 10.0. The maximum Gasteiger partial charge on any atom is 0.241 e. The first-order chi connectivity index (χ1) is 7.09. The van der Waals surface area contributed by atoms with E-state index < -0.39 is 6.04 Å². The second-order valence-corrected chi connectivity index (χ2v) is 3.97. The third-order valence-corrected chi connectivity index (χ3v) is 1.99. The van der Waals surface area contributed by atoms with Crippen molar-refractivity contribution < 1.29 is 4.79 Å². The molecule has 3 N–H and O–H groups in total. The number of nitrogens with zero attached hydrogens (tertiary/aromatic N) is 1. The van der Waals surface area contributed by atoms with Crippen LogP contribution in [0.2, 0.25) is 0 Å². The number of anilines is 1. The van der Waals surface area contributed by atoms with Crippen LogP contribution in [-0.4, -0.2) is 16.9 Å². The first-order valence-corrected chi connectivity index (χ1v) is 5.06. The topological polar surface area (TPSA) is 68.0 Å². The van der Waals surface area contributed by atoms with Gasteiger partial charge < -0.3 is 11.1 Å². The highest BCUT2D eigenvalue weighted by molar-refractivity contribution is 5.94. The van der Waals surface area contributed by atoms with Crippen LogP contribution in [0.25, 0.3) is 0 Å². The van der Waals surface area contributed by atoms with Crippen molar-refractivity contribution >= 4 is 11.6 Å². The minimum Gasteiger partial charge on any atom is -0.323 e. The fourth-order valence-electron chi connectivity index (χ4n) is 1.29. The molecule has 1 aromatic rings. The Morgan fingerprint density at radius 1 is 1.60 bits per heavy atom. The van der Waals surface area contributed by atoms with E-state index in [0.717, 1.165) is 0 Å². The quantitative estimate of drug-likeness (QED) is 0.784. The van der Waals surface area contributed by atoms with Crippen molar-refractivity contribution in [1.29, 1.82) is 0 Å². The number of carbonyl (C=O) groups excluding carboxylic acids is 1. The number of hydrogen-bond donors (Lipinski definition) is 2. The van der Waals surface area contributed by atoms with E-state index in [1.54, 1.807) is 24.5 Å². The summed E-state index contributed by atoms with van der Waals surface area (Å²) < 4.78 is 0. The van der Waals surface area contributed by atoms with Gasteiger partial charge in [0.2, 0.25) is 5.91 Å². The maximum absolute atomic E-state index is 11.6. The highest BCUT2D eigenvalue weighted by Crippen LogP contribution is 2.07. The lowest BCUT2D eigenvalue weighted by molar-refractivity contribution is -0.117. The van der Waals surface area contributed by atoms with E-state index in [1.807, 2.05) is 13.8 Å². The van der Waals surface area contributed by atoms with Gasteiger partial charge in [0.1, 0.15) is 0 Å². The second kappa shape index (κ2) is 5.46. The smallest absolute Gasteiger partial charge is 0.241 e. The molecule has 0 aromatic carbocycles. The Labute approximate surface area is 89.9 Å². The van der Waals surface area contributed by atoms with Gasteiger partial charge in [0.05, 0.1) is 17.9 Å². The molecule has 1 aromatic heterocycles. The molecule has 0 bridgehead atoms. The minimum atomic E-state index is -0.454. The fourth-order valence-corrected chi connectivity index (χ4v) is 1.29. The second-order valence-electron chi connectivity index (χ2n) is 3.97. The van der Waals surface area contributed by atoms with E-state index in [2.05, 4.69) is 10.3 Å². The molecule has 0 aliphatic heterocycles. The van der Waals surface area contributed by atoms with E-state index in [-0.39, 0.29) is 5.91 Å². The number of nitrogens with one attached hydrogen (secondary N) is 1. The monoisotopic (exact) mass is 207 g/mol. The van der Waals surface area contributed by atoms with E-state index in [0.29, 0.717) is 18.0 Å². The van der Waals surface area contributed by atoms with Crippen molar-refractivity contribution in [2.45, 2.75) is 26.3 Å². The number of hydrogen-bond acceptors (Lipinski definition) is 3. The van der Waals surface area contributed by atoms with Gasteiger partial charge in [0.15, 0.2) is 0 Å². The number of rotatable bonds is 4. The molecular formula is C11H17N3O. The molecule has 4 heteroatoms. The minimum absolute atomic E-state index is 0.156. The van der Waals surface area contributed by atoms with Crippen LogP contribution in [0, 0.1) is 5.92 Å². The highest BCUT2D eigenvalue weighted by Gasteiger charge is 2.14. The third-order valence-electron chi connectivity index (χ3n) is 1.99. The SMILES string of the molecule is CC(C)CC(N)C(=O)Nc1cccnc1. The summed E-state index contributed by atoms with van der Waals surface area (Å²) in [4.78, 5) is 15.5. The van der Waals surface area contributed by atoms with Gasteiger partial charge in [0, 0.05) is 6.20 Å².